The third-order valence-corrected chi connectivity index (χ3v) is 9.20. The smallest absolute Gasteiger partial charge is 0.243 e. The van der Waals surface area contributed by atoms with E-state index in [0.717, 1.165) is 21.6 Å². The van der Waals surface area contributed by atoms with E-state index >= 15 is 0 Å². The van der Waals surface area contributed by atoms with Gasteiger partial charge in [0.25, 0.3) is 0 Å². The summed E-state index contributed by atoms with van der Waals surface area (Å²) < 4.78 is 44.9. The SMILES string of the molecule is CCOCCCN(CC(=O)N(Cc1ccc2c(c1)OCO2)Cc1sccc1C)S(=O)(=O)c1ccc(C)cc1. The third-order valence-electron chi connectivity index (χ3n) is 6.34. The first-order valence-corrected chi connectivity index (χ1v) is 14.9. The summed E-state index contributed by atoms with van der Waals surface area (Å²) in [4.78, 5) is 16.7. The third kappa shape index (κ3) is 6.93. The molecular weight excluding hydrogens is 524 g/mol. The standard InChI is InChI=1S/C28H34N2O6S2/c1-4-34-14-5-13-30(38(32,33)24-9-6-21(2)7-10-24)19-28(31)29(18-27-22(3)12-15-37-27)17-23-8-11-25-26(16-23)36-20-35-25/h6-12,15-16H,4-5,13-14,17-20H2,1-3H3. The maximum absolute atomic E-state index is 13.8. The highest BCUT2D eigenvalue weighted by Crippen LogP contribution is 2.33. The molecule has 0 atom stereocenters. The van der Waals surface area contributed by atoms with Crippen molar-refractivity contribution < 1.29 is 27.4 Å². The number of benzene rings is 2. The number of hydrogen-bond donors (Lipinski definition) is 0. The summed E-state index contributed by atoms with van der Waals surface area (Å²) in [6, 6.07) is 14.3. The fourth-order valence-corrected chi connectivity index (χ4v) is 6.46. The second-order valence-electron chi connectivity index (χ2n) is 9.17. The number of fused-ring (bicyclic) bond motifs is 1. The summed E-state index contributed by atoms with van der Waals surface area (Å²) in [5.74, 6) is 1.04. The maximum Gasteiger partial charge on any atom is 0.243 e. The van der Waals surface area contributed by atoms with E-state index in [4.69, 9.17) is 14.2 Å². The van der Waals surface area contributed by atoms with Gasteiger partial charge in [-0.05, 0) is 74.0 Å². The van der Waals surface area contributed by atoms with Crippen LogP contribution in [-0.4, -0.2) is 56.6 Å². The Morgan fingerprint density at radius 3 is 2.50 bits per heavy atom. The van der Waals surface area contributed by atoms with Gasteiger partial charge < -0.3 is 19.1 Å². The van der Waals surface area contributed by atoms with Crippen molar-refractivity contribution in [1.29, 1.82) is 0 Å². The Kier molecular flexibility index (Phi) is 9.43. The predicted octanol–water partition coefficient (Wildman–Crippen LogP) is 4.74. The number of carbonyl (C=O) groups excluding carboxylic acids is 1. The zero-order valence-electron chi connectivity index (χ0n) is 22.0. The number of hydrogen-bond acceptors (Lipinski definition) is 7. The van der Waals surface area contributed by atoms with Gasteiger partial charge in [0.2, 0.25) is 22.7 Å². The fourth-order valence-electron chi connectivity index (χ4n) is 4.11. The average Bonchev–Trinajstić information content (AvgIpc) is 3.53. The summed E-state index contributed by atoms with van der Waals surface area (Å²) in [6.07, 6.45) is 0.485. The van der Waals surface area contributed by atoms with E-state index in [-0.39, 0.29) is 30.7 Å². The van der Waals surface area contributed by atoms with Crippen LogP contribution in [0.3, 0.4) is 0 Å². The minimum atomic E-state index is -3.89. The van der Waals surface area contributed by atoms with Gasteiger partial charge in [0, 0.05) is 31.2 Å². The van der Waals surface area contributed by atoms with Gasteiger partial charge in [0.1, 0.15) is 0 Å². The molecule has 0 radical (unpaired) electrons. The molecule has 8 nitrogen and oxygen atoms in total. The van der Waals surface area contributed by atoms with Crippen molar-refractivity contribution in [2.45, 2.75) is 45.2 Å². The first-order valence-electron chi connectivity index (χ1n) is 12.6. The summed E-state index contributed by atoms with van der Waals surface area (Å²) in [5, 5.41) is 2.00. The molecule has 0 saturated heterocycles. The molecule has 38 heavy (non-hydrogen) atoms. The first kappa shape index (κ1) is 28.1. The van der Waals surface area contributed by atoms with Crippen LogP contribution in [0.25, 0.3) is 0 Å². The minimum absolute atomic E-state index is 0.170. The molecule has 0 unspecified atom stereocenters. The molecule has 0 aliphatic carbocycles. The zero-order chi connectivity index (χ0) is 27.1. The quantitative estimate of drug-likeness (QED) is 0.282. The molecule has 0 fully saturated rings. The van der Waals surface area contributed by atoms with E-state index in [1.165, 1.54) is 4.31 Å². The number of thiophene rings is 1. The monoisotopic (exact) mass is 558 g/mol. The van der Waals surface area contributed by atoms with Crippen LogP contribution in [0.5, 0.6) is 11.5 Å². The van der Waals surface area contributed by atoms with Gasteiger partial charge in [0.15, 0.2) is 11.5 Å². The van der Waals surface area contributed by atoms with Crippen LogP contribution in [0.4, 0.5) is 0 Å². The summed E-state index contributed by atoms with van der Waals surface area (Å²) in [6.45, 7) is 7.55. The van der Waals surface area contributed by atoms with E-state index < -0.39 is 10.0 Å². The Morgan fingerprint density at radius 1 is 1.03 bits per heavy atom. The highest BCUT2D eigenvalue weighted by atomic mass is 32.2. The molecule has 1 aliphatic heterocycles. The lowest BCUT2D eigenvalue weighted by molar-refractivity contribution is -0.132. The van der Waals surface area contributed by atoms with Crippen molar-refractivity contribution in [3.8, 4) is 11.5 Å². The number of rotatable bonds is 13. The van der Waals surface area contributed by atoms with Crippen LogP contribution in [0.15, 0.2) is 58.8 Å². The molecule has 4 rings (SSSR count). The van der Waals surface area contributed by atoms with Crippen LogP contribution >= 0.6 is 11.3 Å². The highest BCUT2D eigenvalue weighted by Gasteiger charge is 2.29. The Balaban J connectivity index is 1.58. The van der Waals surface area contributed by atoms with Gasteiger partial charge in [0.05, 0.1) is 18.0 Å². The summed E-state index contributed by atoms with van der Waals surface area (Å²) in [7, 11) is -3.89. The van der Waals surface area contributed by atoms with Gasteiger partial charge in [-0.15, -0.1) is 11.3 Å². The van der Waals surface area contributed by atoms with Crippen LogP contribution in [-0.2, 0) is 32.6 Å². The molecule has 10 heteroatoms. The van der Waals surface area contributed by atoms with Crippen molar-refractivity contribution in [2.24, 2.45) is 0 Å². The molecule has 0 spiro atoms. The van der Waals surface area contributed by atoms with Crippen molar-refractivity contribution in [3.63, 3.8) is 0 Å². The second-order valence-corrected chi connectivity index (χ2v) is 12.1. The molecule has 0 saturated carbocycles. The maximum atomic E-state index is 13.8. The molecule has 0 bridgehead atoms. The van der Waals surface area contributed by atoms with E-state index in [1.807, 2.05) is 50.4 Å². The lowest BCUT2D eigenvalue weighted by Gasteiger charge is -2.27. The molecule has 1 aromatic heterocycles. The average molecular weight is 559 g/mol. The first-order chi connectivity index (χ1) is 18.3. The van der Waals surface area contributed by atoms with E-state index in [9.17, 15) is 13.2 Å². The fraction of sp³-hybridized carbons (Fsp3) is 0.393. The highest BCUT2D eigenvalue weighted by molar-refractivity contribution is 7.89. The van der Waals surface area contributed by atoms with Crippen molar-refractivity contribution in [2.75, 3.05) is 33.1 Å². The van der Waals surface area contributed by atoms with E-state index in [1.54, 1.807) is 40.5 Å². The summed E-state index contributed by atoms with van der Waals surface area (Å²) >= 11 is 1.58. The van der Waals surface area contributed by atoms with Crippen LogP contribution in [0.2, 0.25) is 0 Å². The van der Waals surface area contributed by atoms with E-state index in [0.29, 0.717) is 44.2 Å². The van der Waals surface area contributed by atoms with Crippen LogP contribution in [0, 0.1) is 13.8 Å². The normalized spacial score (nSPS) is 12.7. The van der Waals surface area contributed by atoms with Gasteiger partial charge >= 0.3 is 0 Å². The number of sulfonamides is 1. The van der Waals surface area contributed by atoms with Crippen molar-refractivity contribution in [1.82, 2.24) is 9.21 Å². The van der Waals surface area contributed by atoms with Crippen LogP contribution in [0.1, 0.15) is 34.9 Å². The van der Waals surface area contributed by atoms with Crippen molar-refractivity contribution >= 4 is 27.3 Å². The predicted molar refractivity (Wildman–Crippen MR) is 147 cm³/mol. The van der Waals surface area contributed by atoms with Crippen molar-refractivity contribution in [3.05, 3.63) is 75.5 Å². The number of carbonyl (C=O) groups is 1. The molecule has 204 valence electrons. The molecule has 3 aromatic rings. The largest absolute Gasteiger partial charge is 0.454 e. The Hall–Kier alpha value is -2.92. The topological polar surface area (TPSA) is 85.4 Å². The molecule has 0 N–H and O–H groups in total. The number of amides is 1. The van der Waals surface area contributed by atoms with Gasteiger partial charge in [-0.3, -0.25) is 4.79 Å². The number of nitrogens with zero attached hydrogens (tertiary/aromatic N) is 2. The van der Waals surface area contributed by atoms with E-state index in [2.05, 4.69) is 0 Å². The van der Waals surface area contributed by atoms with Gasteiger partial charge in [-0.2, -0.15) is 4.31 Å². The zero-order valence-corrected chi connectivity index (χ0v) is 23.6. The molecule has 1 amide bonds. The molecular formula is C28H34N2O6S2. The van der Waals surface area contributed by atoms with Gasteiger partial charge in [-0.25, -0.2) is 8.42 Å². The number of ether oxygens (including phenoxy) is 3. The Bertz CT molecular complexity index is 1340. The van der Waals surface area contributed by atoms with Gasteiger partial charge in [-0.1, -0.05) is 23.8 Å². The Morgan fingerprint density at radius 2 is 1.79 bits per heavy atom. The second kappa shape index (κ2) is 12.8. The van der Waals surface area contributed by atoms with Crippen LogP contribution < -0.4 is 9.47 Å². The molecule has 2 aromatic carbocycles. The molecule has 1 aliphatic rings. The lowest BCUT2D eigenvalue weighted by atomic mass is 10.1. The Labute approximate surface area is 228 Å². The lowest BCUT2D eigenvalue weighted by Crippen LogP contribution is -2.43. The summed E-state index contributed by atoms with van der Waals surface area (Å²) in [5.41, 5.74) is 2.93. The molecule has 2 heterocycles. The minimum Gasteiger partial charge on any atom is -0.454 e. The number of aryl methyl sites for hydroxylation is 2.